The zero-order chi connectivity index (χ0) is 8.27. The minimum atomic E-state index is 0.249. The Morgan fingerprint density at radius 1 is 1.73 bits per heavy atom. The van der Waals surface area contributed by atoms with Crippen LogP contribution in [0.15, 0.2) is 11.6 Å². The predicted octanol–water partition coefficient (Wildman–Crippen LogP) is 2.57. The minimum absolute atomic E-state index is 0.249. The Hall–Kier alpha value is -0.590. The van der Waals surface area contributed by atoms with E-state index in [1.165, 1.54) is 18.4 Å². The molecule has 0 aliphatic heterocycles. The van der Waals surface area contributed by atoms with Crippen molar-refractivity contribution in [1.29, 1.82) is 0 Å². The highest BCUT2D eigenvalue weighted by atomic mass is 16.1. The van der Waals surface area contributed by atoms with Crippen molar-refractivity contribution in [3.63, 3.8) is 0 Å². The van der Waals surface area contributed by atoms with Crippen molar-refractivity contribution in [2.24, 2.45) is 11.8 Å². The van der Waals surface area contributed by atoms with E-state index in [2.05, 4.69) is 13.0 Å². The molecule has 1 aliphatic carbocycles. The molecule has 0 bridgehead atoms. The van der Waals surface area contributed by atoms with E-state index in [9.17, 15) is 4.79 Å². The summed E-state index contributed by atoms with van der Waals surface area (Å²) in [5.74, 6) is 0.857. The van der Waals surface area contributed by atoms with E-state index in [4.69, 9.17) is 0 Å². The smallest absolute Gasteiger partial charge is 0.123 e. The Morgan fingerprint density at radius 3 is 2.91 bits per heavy atom. The number of hydrogen-bond donors (Lipinski definition) is 0. The molecule has 1 rings (SSSR count). The number of rotatable bonds is 2. The fraction of sp³-hybridized carbons (Fsp3) is 0.700. The van der Waals surface area contributed by atoms with Crippen LogP contribution in [0.4, 0.5) is 0 Å². The molecule has 1 nitrogen and oxygen atoms in total. The molecule has 0 aromatic rings. The number of carbonyl (C=O) groups excluding carboxylic acids is 1. The molecule has 1 heteroatoms. The molecular formula is C10H16O. The minimum Gasteiger partial charge on any atom is -0.303 e. The Bertz CT molecular complexity index is 170. The normalized spacial score (nSPS) is 27.5. The second-order valence-electron chi connectivity index (χ2n) is 3.58. The van der Waals surface area contributed by atoms with Gasteiger partial charge in [-0.15, -0.1) is 0 Å². The van der Waals surface area contributed by atoms with Gasteiger partial charge in [-0.2, -0.15) is 0 Å². The van der Waals surface area contributed by atoms with Gasteiger partial charge in [0.2, 0.25) is 0 Å². The van der Waals surface area contributed by atoms with Crippen LogP contribution in [-0.4, -0.2) is 6.29 Å². The molecule has 0 aromatic carbocycles. The Balaban J connectivity index is 2.46. The van der Waals surface area contributed by atoms with E-state index in [0.717, 1.165) is 12.7 Å². The Morgan fingerprint density at radius 2 is 2.45 bits per heavy atom. The summed E-state index contributed by atoms with van der Waals surface area (Å²) in [5, 5.41) is 0. The van der Waals surface area contributed by atoms with Gasteiger partial charge >= 0.3 is 0 Å². The maximum Gasteiger partial charge on any atom is 0.123 e. The molecule has 0 aromatic heterocycles. The van der Waals surface area contributed by atoms with Crippen LogP contribution in [0, 0.1) is 11.8 Å². The first kappa shape index (κ1) is 8.51. The van der Waals surface area contributed by atoms with Crippen molar-refractivity contribution in [1.82, 2.24) is 0 Å². The average molecular weight is 152 g/mol. The van der Waals surface area contributed by atoms with Gasteiger partial charge in [-0.25, -0.2) is 0 Å². The molecule has 0 saturated heterocycles. The summed E-state index contributed by atoms with van der Waals surface area (Å²) < 4.78 is 0. The van der Waals surface area contributed by atoms with Crippen LogP contribution in [0.5, 0.6) is 0 Å². The molecule has 1 aliphatic rings. The van der Waals surface area contributed by atoms with Crippen molar-refractivity contribution in [3.8, 4) is 0 Å². The SMILES string of the molecule is CC1=CC[C@H]([C@H](C)C=O)CC1. The van der Waals surface area contributed by atoms with Gasteiger partial charge in [-0.05, 0) is 32.1 Å². The second kappa shape index (κ2) is 3.70. The summed E-state index contributed by atoms with van der Waals surface area (Å²) in [4.78, 5) is 10.5. The third-order valence-corrected chi connectivity index (χ3v) is 2.64. The van der Waals surface area contributed by atoms with Crippen molar-refractivity contribution >= 4 is 6.29 Å². The topological polar surface area (TPSA) is 17.1 Å². The molecule has 2 atom stereocenters. The monoisotopic (exact) mass is 152 g/mol. The molecule has 62 valence electrons. The van der Waals surface area contributed by atoms with Crippen LogP contribution < -0.4 is 0 Å². The summed E-state index contributed by atoms with van der Waals surface area (Å²) in [6.07, 6.45) is 6.84. The van der Waals surface area contributed by atoms with Crippen LogP contribution in [-0.2, 0) is 4.79 Å². The maximum absolute atomic E-state index is 10.5. The average Bonchev–Trinajstić information content (AvgIpc) is 2.05. The van der Waals surface area contributed by atoms with Gasteiger partial charge in [-0.1, -0.05) is 18.6 Å². The second-order valence-corrected chi connectivity index (χ2v) is 3.58. The Labute approximate surface area is 68.5 Å². The van der Waals surface area contributed by atoms with Crippen LogP contribution in [0.3, 0.4) is 0 Å². The van der Waals surface area contributed by atoms with Gasteiger partial charge in [-0.3, -0.25) is 0 Å². The highest BCUT2D eigenvalue weighted by molar-refractivity contribution is 5.53. The lowest BCUT2D eigenvalue weighted by Crippen LogP contribution is -2.15. The molecule has 0 unspecified atom stereocenters. The lowest BCUT2D eigenvalue weighted by molar-refractivity contribution is -0.112. The molecule has 0 spiro atoms. The van der Waals surface area contributed by atoms with Gasteiger partial charge < -0.3 is 4.79 Å². The summed E-state index contributed by atoms with van der Waals surface area (Å²) in [5.41, 5.74) is 1.49. The number of carbonyl (C=O) groups is 1. The highest BCUT2D eigenvalue weighted by Crippen LogP contribution is 2.27. The third-order valence-electron chi connectivity index (χ3n) is 2.64. The van der Waals surface area contributed by atoms with Gasteiger partial charge in [0.1, 0.15) is 6.29 Å². The lowest BCUT2D eigenvalue weighted by atomic mass is 9.82. The van der Waals surface area contributed by atoms with E-state index < -0.39 is 0 Å². The van der Waals surface area contributed by atoms with Crippen LogP contribution in [0.1, 0.15) is 33.1 Å². The molecule has 0 N–H and O–H groups in total. The lowest BCUT2D eigenvalue weighted by Gasteiger charge is -2.22. The van der Waals surface area contributed by atoms with Gasteiger partial charge in [0.05, 0.1) is 0 Å². The van der Waals surface area contributed by atoms with Crippen molar-refractivity contribution in [2.45, 2.75) is 33.1 Å². The first-order valence-electron chi connectivity index (χ1n) is 4.35. The van der Waals surface area contributed by atoms with E-state index >= 15 is 0 Å². The number of aldehydes is 1. The number of hydrogen-bond acceptors (Lipinski definition) is 1. The highest BCUT2D eigenvalue weighted by Gasteiger charge is 2.18. The zero-order valence-corrected chi connectivity index (χ0v) is 7.34. The first-order chi connectivity index (χ1) is 5.24. The van der Waals surface area contributed by atoms with E-state index in [1.807, 2.05) is 6.92 Å². The molecule has 0 fully saturated rings. The zero-order valence-electron chi connectivity index (χ0n) is 7.34. The van der Waals surface area contributed by atoms with Gasteiger partial charge in [0, 0.05) is 5.92 Å². The van der Waals surface area contributed by atoms with Crippen LogP contribution >= 0.6 is 0 Å². The van der Waals surface area contributed by atoms with Crippen molar-refractivity contribution < 1.29 is 4.79 Å². The van der Waals surface area contributed by atoms with Crippen LogP contribution in [0.2, 0.25) is 0 Å². The first-order valence-corrected chi connectivity index (χ1v) is 4.35. The van der Waals surface area contributed by atoms with Crippen molar-refractivity contribution in [2.75, 3.05) is 0 Å². The summed E-state index contributed by atoms with van der Waals surface area (Å²) in [7, 11) is 0. The quantitative estimate of drug-likeness (QED) is 0.439. The summed E-state index contributed by atoms with van der Waals surface area (Å²) in [6.45, 7) is 4.19. The summed E-state index contributed by atoms with van der Waals surface area (Å²) in [6, 6.07) is 0. The van der Waals surface area contributed by atoms with E-state index in [0.29, 0.717) is 5.92 Å². The van der Waals surface area contributed by atoms with Gasteiger partial charge in [0.25, 0.3) is 0 Å². The molecule has 0 radical (unpaired) electrons. The largest absolute Gasteiger partial charge is 0.303 e. The standard InChI is InChI=1S/C10H16O/c1-8-3-5-10(6-4-8)9(2)7-11/h3,7,9-10H,4-6H2,1-2H3/t9-,10+/m1/s1. The number of allylic oxidation sites excluding steroid dienone is 2. The maximum atomic E-state index is 10.5. The fourth-order valence-corrected chi connectivity index (χ4v) is 1.57. The van der Waals surface area contributed by atoms with E-state index in [-0.39, 0.29) is 5.92 Å². The molecule has 0 saturated carbocycles. The molecule has 11 heavy (non-hydrogen) atoms. The van der Waals surface area contributed by atoms with Crippen LogP contribution in [0.25, 0.3) is 0 Å². The third kappa shape index (κ3) is 2.18. The van der Waals surface area contributed by atoms with E-state index in [1.54, 1.807) is 0 Å². The van der Waals surface area contributed by atoms with Gasteiger partial charge in [0.15, 0.2) is 0 Å². The summed E-state index contributed by atoms with van der Waals surface area (Å²) >= 11 is 0. The molecule has 0 amide bonds. The molecular weight excluding hydrogens is 136 g/mol. The predicted molar refractivity (Wildman–Crippen MR) is 46.3 cm³/mol. The Kier molecular flexibility index (Phi) is 2.86. The fourth-order valence-electron chi connectivity index (χ4n) is 1.57. The van der Waals surface area contributed by atoms with Crippen molar-refractivity contribution in [3.05, 3.63) is 11.6 Å². The molecule has 0 heterocycles.